The summed E-state index contributed by atoms with van der Waals surface area (Å²) in [6.07, 6.45) is 3.90. The Kier molecular flexibility index (Phi) is 9.83. The highest BCUT2D eigenvalue weighted by Gasteiger charge is 2.12. The molecule has 0 bridgehead atoms. The van der Waals surface area contributed by atoms with Crippen LogP contribution in [0.2, 0.25) is 0 Å². The average Bonchev–Trinajstić information content (AvgIpc) is 3.09. The Morgan fingerprint density at radius 3 is 2.55 bits per heavy atom. The van der Waals surface area contributed by atoms with Crippen LogP contribution in [0.25, 0.3) is 0 Å². The van der Waals surface area contributed by atoms with E-state index in [1.54, 1.807) is 18.8 Å². The lowest BCUT2D eigenvalue weighted by atomic mass is 10.2. The molecular weight excluding hydrogens is 384 g/mol. The molecule has 0 amide bonds. The fourth-order valence-electron chi connectivity index (χ4n) is 2.85. The summed E-state index contributed by atoms with van der Waals surface area (Å²) >= 11 is 1.65. The van der Waals surface area contributed by atoms with Gasteiger partial charge in [0.1, 0.15) is 18.2 Å². The molecule has 0 aliphatic carbocycles. The van der Waals surface area contributed by atoms with Crippen LogP contribution in [0.3, 0.4) is 0 Å². The molecule has 7 nitrogen and oxygen atoms in total. The predicted octanol–water partition coefficient (Wildman–Crippen LogP) is 3.14. The van der Waals surface area contributed by atoms with E-state index in [9.17, 15) is 0 Å². The Morgan fingerprint density at radius 1 is 1.17 bits per heavy atom. The van der Waals surface area contributed by atoms with Crippen LogP contribution < -0.4 is 15.4 Å². The standard InChI is InChI=1S/C21H34N6OS/c1-16(2)15-27-19(25-26-21(27)29-5)7-6-12-23-20(22-4)24-13-14-28-18-10-8-17(3)9-11-18/h8-11,16H,6-7,12-15H2,1-5H3,(H2,22,23,24). The number of rotatable bonds is 11. The molecule has 29 heavy (non-hydrogen) atoms. The number of aromatic nitrogens is 3. The quantitative estimate of drug-likeness (QED) is 0.253. The Morgan fingerprint density at radius 2 is 1.90 bits per heavy atom. The second-order valence-electron chi connectivity index (χ2n) is 7.30. The average molecular weight is 419 g/mol. The van der Waals surface area contributed by atoms with Crippen molar-refractivity contribution in [1.29, 1.82) is 0 Å². The highest BCUT2D eigenvalue weighted by Crippen LogP contribution is 2.16. The fourth-order valence-corrected chi connectivity index (χ4v) is 3.37. The minimum absolute atomic E-state index is 0.568. The number of ether oxygens (including phenoxy) is 1. The van der Waals surface area contributed by atoms with E-state index in [1.165, 1.54) is 5.56 Å². The SMILES string of the molecule is CN=C(NCCCc1nnc(SC)n1CC(C)C)NCCOc1ccc(C)cc1. The van der Waals surface area contributed by atoms with Crippen LogP contribution in [-0.4, -0.2) is 53.7 Å². The number of thioether (sulfide) groups is 1. The summed E-state index contributed by atoms with van der Waals surface area (Å²) in [5.41, 5.74) is 1.23. The van der Waals surface area contributed by atoms with Crippen molar-refractivity contribution in [2.24, 2.45) is 10.9 Å². The van der Waals surface area contributed by atoms with Crippen molar-refractivity contribution in [3.63, 3.8) is 0 Å². The minimum Gasteiger partial charge on any atom is -0.492 e. The van der Waals surface area contributed by atoms with Crippen LogP contribution in [0, 0.1) is 12.8 Å². The van der Waals surface area contributed by atoms with Crippen LogP contribution in [0.15, 0.2) is 34.4 Å². The third-order valence-electron chi connectivity index (χ3n) is 4.30. The van der Waals surface area contributed by atoms with Gasteiger partial charge in [-0.15, -0.1) is 10.2 Å². The maximum Gasteiger partial charge on any atom is 0.191 e. The molecule has 0 saturated heterocycles. The lowest BCUT2D eigenvalue weighted by molar-refractivity contribution is 0.322. The molecule has 0 unspecified atom stereocenters. The van der Waals surface area contributed by atoms with Gasteiger partial charge in [-0.1, -0.05) is 43.3 Å². The summed E-state index contributed by atoms with van der Waals surface area (Å²) in [5.74, 6) is 3.29. The molecule has 0 saturated carbocycles. The van der Waals surface area contributed by atoms with E-state index in [4.69, 9.17) is 4.74 Å². The monoisotopic (exact) mass is 418 g/mol. The molecule has 8 heteroatoms. The van der Waals surface area contributed by atoms with Crippen molar-refractivity contribution in [2.75, 3.05) is 33.0 Å². The maximum atomic E-state index is 5.73. The first-order valence-corrected chi connectivity index (χ1v) is 11.4. The Hall–Kier alpha value is -2.22. The number of aryl methyl sites for hydroxylation is 2. The molecule has 0 aliphatic rings. The molecule has 0 spiro atoms. The van der Waals surface area contributed by atoms with Gasteiger partial charge in [-0.2, -0.15) is 0 Å². The number of benzene rings is 1. The number of nitrogens with zero attached hydrogens (tertiary/aromatic N) is 4. The molecule has 0 aliphatic heterocycles. The van der Waals surface area contributed by atoms with Gasteiger partial charge in [-0.3, -0.25) is 4.99 Å². The normalized spacial score (nSPS) is 11.7. The van der Waals surface area contributed by atoms with E-state index in [1.807, 2.05) is 30.5 Å². The molecular formula is C21H34N6OS. The largest absolute Gasteiger partial charge is 0.492 e. The summed E-state index contributed by atoms with van der Waals surface area (Å²) in [4.78, 5) is 4.27. The van der Waals surface area contributed by atoms with Gasteiger partial charge in [-0.05, 0) is 37.7 Å². The number of nitrogens with one attached hydrogen (secondary N) is 2. The van der Waals surface area contributed by atoms with Crippen LogP contribution >= 0.6 is 11.8 Å². The van der Waals surface area contributed by atoms with Crippen molar-refractivity contribution >= 4 is 17.7 Å². The van der Waals surface area contributed by atoms with Crippen LogP contribution in [0.5, 0.6) is 5.75 Å². The van der Waals surface area contributed by atoms with Crippen LogP contribution in [0.1, 0.15) is 31.7 Å². The van der Waals surface area contributed by atoms with Crippen LogP contribution in [0.4, 0.5) is 0 Å². The predicted molar refractivity (Wildman–Crippen MR) is 121 cm³/mol. The second kappa shape index (κ2) is 12.4. The third kappa shape index (κ3) is 7.97. The summed E-state index contributed by atoms with van der Waals surface area (Å²) in [5, 5.41) is 16.3. The first-order chi connectivity index (χ1) is 14.0. The fraction of sp³-hybridized carbons (Fsp3) is 0.571. The molecule has 2 aromatic rings. The first kappa shape index (κ1) is 23.1. The van der Waals surface area contributed by atoms with E-state index in [0.717, 1.165) is 48.6 Å². The van der Waals surface area contributed by atoms with E-state index in [2.05, 4.69) is 51.2 Å². The Balaban J connectivity index is 1.68. The van der Waals surface area contributed by atoms with E-state index < -0.39 is 0 Å². The van der Waals surface area contributed by atoms with Gasteiger partial charge in [0.2, 0.25) is 0 Å². The van der Waals surface area contributed by atoms with Crippen LogP contribution in [-0.2, 0) is 13.0 Å². The summed E-state index contributed by atoms with van der Waals surface area (Å²) < 4.78 is 7.97. The molecule has 1 aromatic carbocycles. The molecule has 0 radical (unpaired) electrons. The lowest BCUT2D eigenvalue weighted by Gasteiger charge is -2.13. The van der Waals surface area contributed by atoms with Crippen molar-refractivity contribution in [3.8, 4) is 5.75 Å². The van der Waals surface area contributed by atoms with E-state index in [-0.39, 0.29) is 0 Å². The Bertz CT molecular complexity index is 757. The zero-order valence-corrected chi connectivity index (χ0v) is 19.1. The maximum absolute atomic E-state index is 5.73. The van der Waals surface area contributed by atoms with Gasteiger partial charge in [0, 0.05) is 26.6 Å². The molecule has 0 fully saturated rings. The minimum atomic E-state index is 0.568. The van der Waals surface area contributed by atoms with Gasteiger partial charge in [0.25, 0.3) is 0 Å². The number of guanidine groups is 1. The number of hydrogen-bond donors (Lipinski definition) is 2. The van der Waals surface area contributed by atoms with Gasteiger partial charge >= 0.3 is 0 Å². The summed E-state index contributed by atoms with van der Waals surface area (Å²) in [6.45, 7) is 9.54. The molecule has 1 heterocycles. The lowest BCUT2D eigenvalue weighted by Crippen LogP contribution is -2.39. The topological polar surface area (TPSA) is 76.4 Å². The van der Waals surface area contributed by atoms with Crippen molar-refractivity contribution in [1.82, 2.24) is 25.4 Å². The van der Waals surface area contributed by atoms with Crippen molar-refractivity contribution in [3.05, 3.63) is 35.7 Å². The van der Waals surface area contributed by atoms with Crippen molar-refractivity contribution < 1.29 is 4.74 Å². The Labute approximate surface area is 178 Å². The molecule has 160 valence electrons. The molecule has 2 N–H and O–H groups in total. The smallest absolute Gasteiger partial charge is 0.191 e. The zero-order valence-electron chi connectivity index (χ0n) is 18.2. The molecule has 0 atom stereocenters. The van der Waals surface area contributed by atoms with E-state index >= 15 is 0 Å². The highest BCUT2D eigenvalue weighted by molar-refractivity contribution is 7.98. The van der Waals surface area contributed by atoms with Gasteiger partial charge in [-0.25, -0.2) is 0 Å². The highest BCUT2D eigenvalue weighted by atomic mass is 32.2. The second-order valence-corrected chi connectivity index (χ2v) is 8.07. The van der Waals surface area contributed by atoms with Gasteiger partial charge in [0.15, 0.2) is 11.1 Å². The van der Waals surface area contributed by atoms with Crippen molar-refractivity contribution in [2.45, 2.75) is 45.3 Å². The summed E-state index contributed by atoms with van der Waals surface area (Å²) in [7, 11) is 1.78. The van der Waals surface area contributed by atoms with Gasteiger partial charge < -0.3 is 19.9 Å². The van der Waals surface area contributed by atoms with E-state index in [0.29, 0.717) is 19.1 Å². The molecule has 1 aromatic heterocycles. The summed E-state index contributed by atoms with van der Waals surface area (Å²) in [6, 6.07) is 8.08. The van der Waals surface area contributed by atoms with Gasteiger partial charge in [0.05, 0.1) is 6.54 Å². The first-order valence-electron chi connectivity index (χ1n) is 10.1. The zero-order chi connectivity index (χ0) is 21.1. The number of aliphatic imine (C=N–C) groups is 1. The third-order valence-corrected chi connectivity index (χ3v) is 4.97. The molecule has 2 rings (SSSR count). The number of hydrogen-bond acceptors (Lipinski definition) is 5.